The standard InChI is InChI=1S/C20H12FO4.V.W/c21-16-8-12-18(13-9-16)25-20(23)15-6-10-17(11-7-15)24-19(22)14-4-2-1-3-5-14;;/h2-13H;;/q-1;;. The third kappa shape index (κ3) is 6.47. The Hall–Kier alpha value is -2.20. The number of hydrogen-bond donors (Lipinski definition) is 0. The van der Waals surface area contributed by atoms with Crippen LogP contribution in [-0.2, 0) is 39.6 Å². The van der Waals surface area contributed by atoms with Gasteiger partial charge in [-0.2, -0.15) is 30.3 Å². The van der Waals surface area contributed by atoms with Crippen molar-refractivity contribution in [2.24, 2.45) is 0 Å². The first kappa shape index (κ1) is 22.8. The predicted octanol–water partition coefficient (Wildman–Crippen LogP) is 4.06. The Balaban J connectivity index is 0.00000182. The van der Waals surface area contributed by atoms with Gasteiger partial charge in [-0.05, 0) is 54.1 Å². The molecule has 3 rings (SSSR count). The maximum Gasteiger partial charge on any atom is 0.343 e. The Morgan fingerprint density at radius 3 is 1.59 bits per heavy atom. The zero-order valence-corrected chi connectivity index (χ0v) is 18.1. The van der Waals surface area contributed by atoms with Gasteiger partial charge < -0.3 is 9.47 Å². The van der Waals surface area contributed by atoms with E-state index in [4.69, 9.17) is 9.47 Å². The van der Waals surface area contributed by atoms with Gasteiger partial charge in [0.2, 0.25) is 0 Å². The van der Waals surface area contributed by atoms with Crippen molar-refractivity contribution in [1.82, 2.24) is 0 Å². The molecule has 135 valence electrons. The number of rotatable bonds is 4. The van der Waals surface area contributed by atoms with Crippen LogP contribution in [0.15, 0.2) is 72.8 Å². The first-order chi connectivity index (χ1) is 12.1. The largest absolute Gasteiger partial charge is 0.424 e. The van der Waals surface area contributed by atoms with Crippen molar-refractivity contribution >= 4 is 11.9 Å². The van der Waals surface area contributed by atoms with Crippen LogP contribution < -0.4 is 9.47 Å². The van der Waals surface area contributed by atoms with Gasteiger partial charge in [-0.25, -0.2) is 14.0 Å². The van der Waals surface area contributed by atoms with Crippen LogP contribution in [0.2, 0.25) is 0 Å². The second-order valence-electron chi connectivity index (χ2n) is 5.05. The van der Waals surface area contributed by atoms with Crippen LogP contribution in [0, 0.1) is 11.9 Å². The fourth-order valence-corrected chi connectivity index (χ4v) is 2.02. The Bertz CT molecular complexity index is 884. The third-order valence-corrected chi connectivity index (χ3v) is 3.28. The molecule has 0 spiro atoms. The number of carbonyl (C=O) groups excluding carboxylic acids is 2. The molecule has 0 aliphatic heterocycles. The van der Waals surface area contributed by atoms with Crippen molar-refractivity contribution in [3.8, 4) is 11.5 Å². The van der Waals surface area contributed by atoms with E-state index in [9.17, 15) is 14.0 Å². The number of halogens is 1. The number of ether oxygens (including phenoxy) is 2. The van der Waals surface area contributed by atoms with E-state index in [0.29, 0.717) is 11.3 Å². The maximum absolute atomic E-state index is 12.8. The summed E-state index contributed by atoms with van der Waals surface area (Å²) >= 11 is 0. The van der Waals surface area contributed by atoms with Crippen LogP contribution in [0.3, 0.4) is 0 Å². The van der Waals surface area contributed by atoms with Gasteiger partial charge in [0.15, 0.2) is 0 Å². The quantitative estimate of drug-likeness (QED) is 0.270. The summed E-state index contributed by atoms with van der Waals surface area (Å²) in [6.45, 7) is 0. The molecule has 3 aromatic carbocycles. The number of esters is 2. The second kappa shape index (κ2) is 10.8. The van der Waals surface area contributed by atoms with Gasteiger partial charge in [0.1, 0.15) is 17.3 Å². The smallest absolute Gasteiger partial charge is 0.343 e. The molecule has 0 saturated heterocycles. The summed E-state index contributed by atoms with van der Waals surface area (Å²) in [5.74, 6) is -0.972. The van der Waals surface area contributed by atoms with E-state index in [2.05, 4.69) is 6.07 Å². The second-order valence-corrected chi connectivity index (χ2v) is 5.05. The van der Waals surface area contributed by atoms with E-state index in [0.717, 1.165) is 0 Å². The van der Waals surface area contributed by atoms with Crippen molar-refractivity contribution in [3.05, 3.63) is 95.8 Å². The molecule has 0 aromatic heterocycles. The molecule has 0 atom stereocenters. The van der Waals surface area contributed by atoms with E-state index in [1.165, 1.54) is 48.5 Å². The van der Waals surface area contributed by atoms with E-state index in [-0.39, 0.29) is 50.9 Å². The molecule has 7 heteroatoms. The predicted molar refractivity (Wildman–Crippen MR) is 88.0 cm³/mol. The molecule has 4 nitrogen and oxygen atoms in total. The molecule has 3 aromatic rings. The Kier molecular flexibility index (Phi) is 9.16. The van der Waals surface area contributed by atoms with Crippen LogP contribution in [0.5, 0.6) is 11.5 Å². The molecule has 1 radical (unpaired) electrons. The number of hydrogen-bond acceptors (Lipinski definition) is 4. The zero-order valence-electron chi connectivity index (χ0n) is 13.8. The first-order valence-corrected chi connectivity index (χ1v) is 7.38. The van der Waals surface area contributed by atoms with Crippen LogP contribution in [0.4, 0.5) is 4.39 Å². The van der Waals surface area contributed by atoms with Gasteiger partial charge in [-0.1, -0.05) is 0 Å². The molecule has 0 aliphatic rings. The van der Waals surface area contributed by atoms with Crippen molar-refractivity contribution < 1.29 is 63.1 Å². The summed E-state index contributed by atoms with van der Waals surface area (Å²) in [6.07, 6.45) is 0. The molecule has 0 amide bonds. The summed E-state index contributed by atoms with van der Waals surface area (Å²) in [6, 6.07) is 20.3. The van der Waals surface area contributed by atoms with Gasteiger partial charge in [0.05, 0.1) is 5.56 Å². The topological polar surface area (TPSA) is 52.6 Å². The molecular weight excluding hydrogens is 558 g/mol. The molecule has 0 saturated carbocycles. The molecule has 0 fully saturated rings. The average Bonchev–Trinajstić information content (AvgIpc) is 2.65. The molecule has 0 aliphatic carbocycles. The van der Waals surface area contributed by atoms with Crippen LogP contribution in [0.1, 0.15) is 20.7 Å². The molecule has 27 heavy (non-hydrogen) atoms. The van der Waals surface area contributed by atoms with Crippen molar-refractivity contribution in [2.45, 2.75) is 0 Å². The Morgan fingerprint density at radius 2 is 1.11 bits per heavy atom. The molecule has 0 heterocycles. The van der Waals surface area contributed by atoms with Crippen molar-refractivity contribution in [3.63, 3.8) is 0 Å². The fourth-order valence-electron chi connectivity index (χ4n) is 2.02. The molecule has 0 N–H and O–H groups in total. The van der Waals surface area contributed by atoms with Gasteiger partial charge in [0, 0.05) is 39.6 Å². The van der Waals surface area contributed by atoms with E-state index in [1.807, 2.05) is 0 Å². The average molecular weight is 570 g/mol. The molecular formula is C20H12FO4VW-. The summed E-state index contributed by atoms with van der Waals surface area (Å²) in [5.41, 5.74) is 0.678. The normalized spacial score (nSPS) is 9.37. The van der Waals surface area contributed by atoms with Crippen LogP contribution >= 0.6 is 0 Å². The van der Waals surface area contributed by atoms with Gasteiger partial charge in [-0.15, -0.1) is 0 Å². The van der Waals surface area contributed by atoms with E-state index in [1.54, 1.807) is 24.3 Å². The van der Waals surface area contributed by atoms with Gasteiger partial charge >= 0.3 is 11.9 Å². The van der Waals surface area contributed by atoms with Crippen molar-refractivity contribution in [1.29, 1.82) is 0 Å². The van der Waals surface area contributed by atoms with Crippen LogP contribution in [0.25, 0.3) is 0 Å². The summed E-state index contributed by atoms with van der Waals surface area (Å²) in [7, 11) is 0. The summed E-state index contributed by atoms with van der Waals surface area (Å²) in [5, 5.41) is 0. The molecule has 0 bridgehead atoms. The summed E-state index contributed by atoms with van der Waals surface area (Å²) < 4.78 is 23.2. The minimum Gasteiger partial charge on any atom is -0.424 e. The Morgan fingerprint density at radius 1 is 0.704 bits per heavy atom. The van der Waals surface area contributed by atoms with Crippen molar-refractivity contribution in [2.75, 3.05) is 0 Å². The fraction of sp³-hybridized carbons (Fsp3) is 0. The van der Waals surface area contributed by atoms with E-state index < -0.39 is 17.8 Å². The van der Waals surface area contributed by atoms with E-state index >= 15 is 0 Å². The third-order valence-electron chi connectivity index (χ3n) is 3.28. The number of benzene rings is 3. The SMILES string of the molecule is O=C(Oc1ccc(C(=O)Oc2ccc(F)cc2)cc1)c1cc[c-]cc1.[V].[W]. The minimum absolute atomic E-state index is 0. The Labute approximate surface area is 181 Å². The van der Waals surface area contributed by atoms with Gasteiger partial charge in [0.25, 0.3) is 0 Å². The monoisotopic (exact) mass is 570 g/mol. The first-order valence-electron chi connectivity index (χ1n) is 7.38. The maximum atomic E-state index is 12.8. The van der Waals surface area contributed by atoms with Crippen LogP contribution in [-0.4, -0.2) is 11.9 Å². The minimum atomic E-state index is -0.594. The summed E-state index contributed by atoms with van der Waals surface area (Å²) in [4.78, 5) is 24.0. The number of carbonyl (C=O) groups is 2. The van der Waals surface area contributed by atoms with Gasteiger partial charge in [-0.3, -0.25) is 0 Å². The molecule has 0 unspecified atom stereocenters. The zero-order chi connectivity index (χ0) is 17.6.